The summed E-state index contributed by atoms with van der Waals surface area (Å²) in [6.45, 7) is 1.94. The van der Waals surface area contributed by atoms with E-state index in [0.29, 0.717) is 19.4 Å². The first-order valence-electron chi connectivity index (χ1n) is 7.11. The molecule has 3 amide bonds. The van der Waals surface area contributed by atoms with Gasteiger partial charge in [0.2, 0.25) is 17.7 Å². The molecule has 1 aliphatic heterocycles. The first kappa shape index (κ1) is 17.9. The van der Waals surface area contributed by atoms with Gasteiger partial charge in [0.15, 0.2) is 0 Å². The van der Waals surface area contributed by atoms with E-state index in [0.717, 1.165) is 0 Å². The number of hydrogen-bond donors (Lipinski definition) is 4. The van der Waals surface area contributed by atoms with Crippen LogP contribution in [0.4, 0.5) is 0 Å². The highest BCUT2D eigenvalue weighted by molar-refractivity contribution is 5.92. The van der Waals surface area contributed by atoms with E-state index in [9.17, 15) is 19.2 Å². The molecule has 6 N–H and O–H groups in total. The van der Waals surface area contributed by atoms with Crippen LogP contribution in [0.1, 0.15) is 32.6 Å². The van der Waals surface area contributed by atoms with Gasteiger partial charge >= 0.3 is 5.97 Å². The van der Waals surface area contributed by atoms with Crippen molar-refractivity contribution in [3.63, 3.8) is 0 Å². The van der Waals surface area contributed by atoms with Crippen molar-refractivity contribution in [2.24, 2.45) is 11.5 Å². The maximum Gasteiger partial charge on any atom is 0.326 e. The molecule has 124 valence electrons. The number of hydrogen-bond acceptors (Lipinski definition) is 5. The third kappa shape index (κ3) is 4.69. The van der Waals surface area contributed by atoms with Gasteiger partial charge in [-0.15, -0.1) is 0 Å². The maximum atomic E-state index is 12.2. The number of amides is 3. The van der Waals surface area contributed by atoms with E-state index in [1.807, 2.05) is 0 Å². The van der Waals surface area contributed by atoms with Gasteiger partial charge in [0, 0.05) is 13.0 Å². The number of likely N-dealkylation sites (tertiary alicyclic amines) is 1. The second-order valence-corrected chi connectivity index (χ2v) is 5.38. The molecule has 0 unspecified atom stereocenters. The average molecular weight is 314 g/mol. The number of carboxylic acid groups (broad SMARTS) is 1. The Morgan fingerprint density at radius 1 is 1.36 bits per heavy atom. The molecule has 1 rings (SSSR count). The Balaban J connectivity index is 2.70. The molecule has 0 aromatic heterocycles. The van der Waals surface area contributed by atoms with Gasteiger partial charge in [-0.1, -0.05) is 0 Å². The largest absolute Gasteiger partial charge is 0.480 e. The van der Waals surface area contributed by atoms with Crippen molar-refractivity contribution in [2.75, 3.05) is 6.54 Å². The van der Waals surface area contributed by atoms with Crippen molar-refractivity contribution in [3.8, 4) is 0 Å². The summed E-state index contributed by atoms with van der Waals surface area (Å²) >= 11 is 0. The normalized spacial score (nSPS) is 20.3. The minimum absolute atomic E-state index is 0.0929. The van der Waals surface area contributed by atoms with Crippen molar-refractivity contribution in [2.45, 2.75) is 50.7 Å². The first-order valence-corrected chi connectivity index (χ1v) is 7.11. The Labute approximate surface area is 128 Å². The van der Waals surface area contributed by atoms with Crippen molar-refractivity contribution < 1.29 is 24.3 Å². The summed E-state index contributed by atoms with van der Waals surface area (Å²) in [6.07, 6.45) is 0.858. The van der Waals surface area contributed by atoms with Gasteiger partial charge in [-0.05, 0) is 26.2 Å². The van der Waals surface area contributed by atoms with Crippen LogP contribution in [0.3, 0.4) is 0 Å². The van der Waals surface area contributed by atoms with Crippen LogP contribution in [0.5, 0.6) is 0 Å². The van der Waals surface area contributed by atoms with E-state index < -0.39 is 35.9 Å². The molecule has 0 aromatic carbocycles. The third-order valence-electron chi connectivity index (χ3n) is 3.52. The van der Waals surface area contributed by atoms with E-state index in [1.54, 1.807) is 0 Å². The Morgan fingerprint density at radius 3 is 2.50 bits per heavy atom. The van der Waals surface area contributed by atoms with E-state index in [2.05, 4.69) is 5.32 Å². The lowest BCUT2D eigenvalue weighted by Gasteiger charge is -2.26. The molecule has 1 fully saturated rings. The molecule has 1 aliphatic rings. The van der Waals surface area contributed by atoms with Crippen molar-refractivity contribution >= 4 is 23.7 Å². The predicted octanol–water partition coefficient (Wildman–Crippen LogP) is -1.84. The molecule has 9 nitrogen and oxygen atoms in total. The molecule has 0 saturated carbocycles. The summed E-state index contributed by atoms with van der Waals surface area (Å²) in [6, 6.07) is -2.67. The molecular formula is C13H22N4O5. The lowest BCUT2D eigenvalue weighted by molar-refractivity contribution is -0.144. The lowest BCUT2D eigenvalue weighted by atomic mass is 10.1. The fourth-order valence-corrected chi connectivity index (χ4v) is 2.38. The summed E-state index contributed by atoms with van der Waals surface area (Å²) in [5, 5.41) is 11.4. The quantitative estimate of drug-likeness (QED) is 0.432. The van der Waals surface area contributed by atoms with Crippen molar-refractivity contribution in [1.29, 1.82) is 0 Å². The number of nitrogens with two attached hydrogens (primary N) is 2. The highest BCUT2D eigenvalue weighted by Crippen LogP contribution is 2.18. The fourth-order valence-electron chi connectivity index (χ4n) is 2.38. The molecule has 0 aliphatic carbocycles. The highest BCUT2D eigenvalue weighted by atomic mass is 16.4. The van der Waals surface area contributed by atoms with Crippen LogP contribution in [0.25, 0.3) is 0 Å². The average Bonchev–Trinajstić information content (AvgIpc) is 2.90. The van der Waals surface area contributed by atoms with E-state index in [4.69, 9.17) is 16.6 Å². The topological polar surface area (TPSA) is 156 Å². The zero-order valence-electron chi connectivity index (χ0n) is 12.4. The molecule has 0 aromatic rings. The number of carbonyl (C=O) groups is 4. The van der Waals surface area contributed by atoms with Crippen LogP contribution in [0, 0.1) is 0 Å². The van der Waals surface area contributed by atoms with Crippen LogP contribution < -0.4 is 16.8 Å². The van der Waals surface area contributed by atoms with Gasteiger partial charge in [-0.3, -0.25) is 14.4 Å². The molecule has 0 spiro atoms. The summed E-state index contributed by atoms with van der Waals surface area (Å²) in [5.74, 6) is -2.79. The van der Waals surface area contributed by atoms with Gasteiger partial charge in [0.1, 0.15) is 12.1 Å². The highest BCUT2D eigenvalue weighted by Gasteiger charge is 2.36. The van der Waals surface area contributed by atoms with E-state index >= 15 is 0 Å². The monoisotopic (exact) mass is 314 g/mol. The molecule has 3 atom stereocenters. The van der Waals surface area contributed by atoms with E-state index in [1.165, 1.54) is 11.8 Å². The van der Waals surface area contributed by atoms with Gasteiger partial charge in [0.25, 0.3) is 0 Å². The van der Waals surface area contributed by atoms with Crippen LogP contribution in [0.2, 0.25) is 0 Å². The number of carboxylic acids is 1. The Hall–Kier alpha value is -2.16. The number of primary amides is 1. The maximum absolute atomic E-state index is 12.2. The second kappa shape index (κ2) is 7.74. The third-order valence-corrected chi connectivity index (χ3v) is 3.52. The number of rotatable bonds is 7. The zero-order chi connectivity index (χ0) is 16.9. The van der Waals surface area contributed by atoms with Gasteiger partial charge in [-0.2, -0.15) is 0 Å². The predicted molar refractivity (Wildman–Crippen MR) is 76.4 cm³/mol. The van der Waals surface area contributed by atoms with Gasteiger partial charge in [0.05, 0.1) is 6.04 Å². The first-order chi connectivity index (χ1) is 10.2. The molecule has 1 heterocycles. The van der Waals surface area contributed by atoms with Gasteiger partial charge < -0.3 is 26.8 Å². The van der Waals surface area contributed by atoms with Crippen LogP contribution in [-0.2, 0) is 19.2 Å². The molecular weight excluding hydrogens is 292 g/mol. The number of nitrogens with zero attached hydrogens (tertiary/aromatic N) is 1. The summed E-state index contributed by atoms with van der Waals surface area (Å²) in [5.41, 5.74) is 10.5. The van der Waals surface area contributed by atoms with Crippen LogP contribution in [-0.4, -0.2) is 58.4 Å². The summed E-state index contributed by atoms with van der Waals surface area (Å²) < 4.78 is 0. The Kier molecular flexibility index (Phi) is 6.29. The van der Waals surface area contributed by atoms with Gasteiger partial charge in [-0.25, -0.2) is 4.79 Å². The van der Waals surface area contributed by atoms with E-state index in [-0.39, 0.29) is 18.7 Å². The summed E-state index contributed by atoms with van der Waals surface area (Å²) in [7, 11) is 0. The molecule has 0 bridgehead atoms. The SMILES string of the molecule is C[C@H](N)C(=O)N1CCC[C@H]1C(=O)N[C@@H](CCC(N)=O)C(=O)O. The number of nitrogens with one attached hydrogen (secondary N) is 1. The fraction of sp³-hybridized carbons (Fsp3) is 0.692. The molecule has 0 radical (unpaired) electrons. The molecule has 22 heavy (non-hydrogen) atoms. The molecule has 1 saturated heterocycles. The van der Waals surface area contributed by atoms with Crippen molar-refractivity contribution in [3.05, 3.63) is 0 Å². The number of aliphatic carboxylic acids is 1. The van der Waals surface area contributed by atoms with Crippen molar-refractivity contribution in [1.82, 2.24) is 10.2 Å². The smallest absolute Gasteiger partial charge is 0.326 e. The summed E-state index contributed by atoms with van der Waals surface area (Å²) in [4.78, 5) is 47.4. The van der Waals surface area contributed by atoms with Crippen LogP contribution >= 0.6 is 0 Å². The minimum Gasteiger partial charge on any atom is -0.480 e. The van der Waals surface area contributed by atoms with Crippen LogP contribution in [0.15, 0.2) is 0 Å². The lowest BCUT2D eigenvalue weighted by Crippen LogP contribution is -2.53. The zero-order valence-corrected chi connectivity index (χ0v) is 12.4. The standard InChI is InChI=1S/C13H22N4O5/c1-7(14)12(20)17-6-2-3-9(17)11(19)16-8(13(21)22)4-5-10(15)18/h7-9H,2-6,14H2,1H3,(H2,15,18)(H,16,19)(H,21,22)/t7-,8-,9-/m0/s1. The Morgan fingerprint density at radius 2 is 2.00 bits per heavy atom. The minimum atomic E-state index is -1.25. The second-order valence-electron chi connectivity index (χ2n) is 5.38. The Bertz CT molecular complexity index is 465. The number of carbonyl (C=O) groups excluding carboxylic acids is 3. The molecule has 9 heteroatoms.